The van der Waals surface area contributed by atoms with Gasteiger partial charge in [0.05, 0.1) is 18.1 Å². The number of fused-ring (bicyclic) bond motifs is 3. The van der Waals surface area contributed by atoms with E-state index in [2.05, 4.69) is 37.8 Å². The second kappa shape index (κ2) is 4.99. The lowest BCUT2D eigenvalue weighted by Gasteiger charge is -2.49. The molecule has 4 rings (SSSR count). The second-order valence-corrected chi connectivity index (χ2v) is 5.30. The van der Waals surface area contributed by atoms with Gasteiger partial charge in [0, 0.05) is 51.5 Å². The van der Waals surface area contributed by atoms with Gasteiger partial charge in [-0.05, 0) is 14.0 Å². The van der Waals surface area contributed by atoms with Crippen LogP contribution in [0, 0.1) is 0 Å². The Morgan fingerprint density at radius 1 is 1.39 bits per heavy atom. The van der Waals surface area contributed by atoms with Crippen molar-refractivity contribution in [3.05, 3.63) is 18.2 Å². The maximum Gasteiger partial charge on any atom is 0.0950 e. The lowest BCUT2D eigenvalue weighted by molar-refractivity contribution is -0.00311. The number of hydrogen-bond acceptors (Lipinski definition) is 4. The summed E-state index contributed by atoms with van der Waals surface area (Å²) in [5, 5.41) is 3.47. The van der Waals surface area contributed by atoms with Crippen LogP contribution >= 0.6 is 0 Å². The van der Waals surface area contributed by atoms with Crippen molar-refractivity contribution in [3.8, 4) is 0 Å². The van der Waals surface area contributed by atoms with Crippen molar-refractivity contribution in [1.29, 1.82) is 0 Å². The predicted molar refractivity (Wildman–Crippen MR) is 71.5 cm³/mol. The molecular formula is C13H23N5. The van der Waals surface area contributed by atoms with Crippen molar-refractivity contribution in [2.75, 3.05) is 39.8 Å². The van der Waals surface area contributed by atoms with Gasteiger partial charge in [0.1, 0.15) is 0 Å². The lowest BCUT2D eigenvalue weighted by Crippen LogP contribution is -2.63. The van der Waals surface area contributed by atoms with E-state index in [0.717, 1.165) is 6.54 Å². The van der Waals surface area contributed by atoms with Crippen molar-refractivity contribution < 1.29 is 0 Å². The first-order valence-electron chi connectivity index (χ1n) is 6.97. The number of piperazine rings is 3. The SMILES string of the molecule is CCn1cnc(C(NC)C2CN3CCN2CC3)c1. The number of rotatable bonds is 4. The summed E-state index contributed by atoms with van der Waals surface area (Å²) in [6.07, 6.45) is 4.12. The van der Waals surface area contributed by atoms with Crippen LogP contribution < -0.4 is 5.32 Å². The van der Waals surface area contributed by atoms with Gasteiger partial charge in [-0.2, -0.15) is 0 Å². The van der Waals surface area contributed by atoms with Gasteiger partial charge in [0.15, 0.2) is 0 Å². The standard InChI is InChI=1S/C13H23N5/c1-3-16-8-11(15-10-16)13(14-2)12-9-17-4-6-18(12)7-5-17/h8,10,12-14H,3-7,9H2,1-2H3. The highest BCUT2D eigenvalue weighted by molar-refractivity contribution is 5.10. The van der Waals surface area contributed by atoms with Gasteiger partial charge in [-0.1, -0.05) is 0 Å². The van der Waals surface area contributed by atoms with E-state index in [9.17, 15) is 0 Å². The van der Waals surface area contributed by atoms with Gasteiger partial charge in [-0.3, -0.25) is 9.80 Å². The molecule has 3 saturated heterocycles. The summed E-state index contributed by atoms with van der Waals surface area (Å²) in [6.45, 7) is 9.19. The van der Waals surface area contributed by atoms with Gasteiger partial charge in [-0.25, -0.2) is 4.98 Å². The first kappa shape index (κ1) is 12.1. The molecule has 1 aromatic rings. The van der Waals surface area contributed by atoms with Crippen LogP contribution in [-0.4, -0.2) is 65.2 Å². The smallest absolute Gasteiger partial charge is 0.0950 e. The molecule has 0 aliphatic carbocycles. The fourth-order valence-corrected chi connectivity index (χ4v) is 3.22. The van der Waals surface area contributed by atoms with Gasteiger partial charge in [0.25, 0.3) is 0 Å². The van der Waals surface area contributed by atoms with Crippen molar-refractivity contribution in [2.24, 2.45) is 0 Å². The molecular weight excluding hydrogens is 226 g/mol. The number of likely N-dealkylation sites (N-methyl/N-ethyl adjacent to an activating group) is 1. The van der Waals surface area contributed by atoms with E-state index in [4.69, 9.17) is 0 Å². The Balaban J connectivity index is 1.79. The van der Waals surface area contributed by atoms with Gasteiger partial charge >= 0.3 is 0 Å². The third-order valence-corrected chi connectivity index (χ3v) is 4.35. The van der Waals surface area contributed by atoms with Crippen LogP contribution in [0.5, 0.6) is 0 Å². The van der Waals surface area contributed by atoms with E-state index in [-0.39, 0.29) is 0 Å². The molecule has 2 unspecified atom stereocenters. The summed E-state index contributed by atoms with van der Waals surface area (Å²) in [6, 6.07) is 0.915. The minimum atomic E-state index is 0.348. The Morgan fingerprint density at radius 3 is 2.67 bits per heavy atom. The molecule has 0 saturated carbocycles. The molecule has 3 fully saturated rings. The minimum Gasteiger partial charge on any atom is -0.337 e. The van der Waals surface area contributed by atoms with Crippen LogP contribution in [0.15, 0.2) is 12.5 Å². The summed E-state index contributed by atoms with van der Waals surface area (Å²) in [7, 11) is 2.05. The van der Waals surface area contributed by atoms with Gasteiger partial charge < -0.3 is 9.88 Å². The Kier molecular flexibility index (Phi) is 3.37. The topological polar surface area (TPSA) is 36.3 Å². The fourth-order valence-electron chi connectivity index (χ4n) is 3.22. The van der Waals surface area contributed by atoms with Crippen LogP contribution in [0.1, 0.15) is 18.7 Å². The first-order chi connectivity index (χ1) is 8.81. The van der Waals surface area contributed by atoms with Crippen molar-refractivity contribution >= 4 is 0 Å². The normalized spacial score (nSPS) is 32.7. The monoisotopic (exact) mass is 249 g/mol. The number of aryl methyl sites for hydroxylation is 1. The molecule has 1 N–H and O–H groups in total. The Labute approximate surface area is 109 Å². The molecule has 5 nitrogen and oxygen atoms in total. The highest BCUT2D eigenvalue weighted by Gasteiger charge is 2.37. The highest BCUT2D eigenvalue weighted by atomic mass is 15.4. The van der Waals surface area contributed by atoms with Crippen molar-refractivity contribution in [2.45, 2.75) is 25.6 Å². The van der Waals surface area contributed by atoms with Crippen molar-refractivity contribution in [3.63, 3.8) is 0 Å². The summed E-state index contributed by atoms with van der Waals surface area (Å²) < 4.78 is 2.15. The fraction of sp³-hybridized carbons (Fsp3) is 0.769. The van der Waals surface area contributed by atoms with Crippen LogP contribution in [0.25, 0.3) is 0 Å². The molecule has 1 aromatic heterocycles. The number of imidazole rings is 1. The average molecular weight is 249 g/mol. The van der Waals surface area contributed by atoms with E-state index in [1.54, 1.807) is 0 Å². The number of aromatic nitrogens is 2. The molecule has 5 heteroatoms. The first-order valence-corrected chi connectivity index (χ1v) is 6.97. The molecule has 0 spiro atoms. The summed E-state index contributed by atoms with van der Waals surface area (Å²) >= 11 is 0. The highest BCUT2D eigenvalue weighted by Crippen LogP contribution is 2.26. The molecule has 0 aromatic carbocycles. The molecule has 3 aliphatic rings. The van der Waals surface area contributed by atoms with E-state index >= 15 is 0 Å². The predicted octanol–water partition coefficient (Wildman–Crippen LogP) is 0.163. The molecule has 100 valence electrons. The maximum absolute atomic E-state index is 4.57. The summed E-state index contributed by atoms with van der Waals surface area (Å²) in [4.78, 5) is 9.76. The zero-order valence-corrected chi connectivity index (χ0v) is 11.3. The van der Waals surface area contributed by atoms with E-state index in [1.807, 2.05) is 13.4 Å². The van der Waals surface area contributed by atoms with Crippen LogP contribution in [0.2, 0.25) is 0 Å². The average Bonchev–Trinajstić information content (AvgIpc) is 2.90. The third-order valence-electron chi connectivity index (χ3n) is 4.35. The second-order valence-electron chi connectivity index (χ2n) is 5.30. The Morgan fingerprint density at radius 2 is 2.17 bits per heavy atom. The number of hydrogen-bond donors (Lipinski definition) is 1. The number of nitrogens with zero attached hydrogens (tertiary/aromatic N) is 4. The molecule has 4 heterocycles. The van der Waals surface area contributed by atoms with Gasteiger partial charge in [0.2, 0.25) is 0 Å². The quantitative estimate of drug-likeness (QED) is 0.825. The molecule has 3 aliphatic heterocycles. The van der Waals surface area contributed by atoms with Crippen molar-refractivity contribution in [1.82, 2.24) is 24.7 Å². The van der Waals surface area contributed by atoms with E-state index in [1.165, 1.54) is 38.4 Å². The number of nitrogens with one attached hydrogen (secondary N) is 1. The zero-order valence-electron chi connectivity index (χ0n) is 11.3. The molecule has 2 bridgehead atoms. The summed E-state index contributed by atoms with van der Waals surface area (Å²) in [5.74, 6) is 0. The maximum atomic E-state index is 4.57. The van der Waals surface area contributed by atoms with Crippen LogP contribution in [0.3, 0.4) is 0 Å². The molecule has 0 amide bonds. The molecule has 0 radical (unpaired) electrons. The Bertz CT molecular complexity index is 394. The van der Waals surface area contributed by atoms with E-state index < -0.39 is 0 Å². The van der Waals surface area contributed by atoms with E-state index in [0.29, 0.717) is 12.1 Å². The minimum absolute atomic E-state index is 0.348. The summed E-state index contributed by atoms with van der Waals surface area (Å²) in [5.41, 5.74) is 1.18. The lowest BCUT2D eigenvalue weighted by atomic mass is 9.98. The van der Waals surface area contributed by atoms with Crippen LogP contribution in [-0.2, 0) is 6.54 Å². The van der Waals surface area contributed by atoms with Crippen LogP contribution in [0.4, 0.5) is 0 Å². The largest absolute Gasteiger partial charge is 0.337 e. The molecule has 2 atom stereocenters. The Hall–Kier alpha value is -0.910. The van der Waals surface area contributed by atoms with Gasteiger partial charge in [-0.15, -0.1) is 0 Å². The zero-order chi connectivity index (χ0) is 12.5. The third kappa shape index (κ3) is 2.06. The molecule has 18 heavy (non-hydrogen) atoms.